The Bertz CT molecular complexity index is 283. The maximum atomic E-state index is 10.5. The van der Waals surface area contributed by atoms with Crippen molar-refractivity contribution in [3.05, 3.63) is 6.42 Å². The lowest BCUT2D eigenvalue weighted by Gasteiger charge is -2.33. The van der Waals surface area contributed by atoms with Gasteiger partial charge in [-0.05, 0) is 69.1 Å². The quantitative estimate of drug-likeness (QED) is 0.792. The summed E-state index contributed by atoms with van der Waals surface area (Å²) in [6.07, 6.45) is 13.1. The number of fused-ring (bicyclic) bond motifs is 1. The molecule has 17 heavy (non-hydrogen) atoms. The van der Waals surface area contributed by atoms with Gasteiger partial charge in [0.2, 0.25) is 0 Å². The standard InChI is InChI=1S/C15H25O2/c16-13-10-12-4-3-5-14(12,11-13)8-9-15(17)6-1-2-7-15/h3,12-13,16-17H,1-2,4-11H2. The van der Waals surface area contributed by atoms with Crippen molar-refractivity contribution in [1.29, 1.82) is 0 Å². The monoisotopic (exact) mass is 237 g/mol. The van der Waals surface area contributed by atoms with Crippen molar-refractivity contribution in [2.24, 2.45) is 11.3 Å². The fourth-order valence-electron chi connectivity index (χ4n) is 4.64. The van der Waals surface area contributed by atoms with Crippen LogP contribution < -0.4 is 0 Å². The van der Waals surface area contributed by atoms with E-state index in [9.17, 15) is 10.2 Å². The van der Waals surface area contributed by atoms with Crippen LogP contribution in [0.25, 0.3) is 0 Å². The van der Waals surface area contributed by atoms with Crippen LogP contribution in [0.5, 0.6) is 0 Å². The molecule has 0 amide bonds. The molecule has 3 rings (SSSR count). The first-order valence-corrected chi connectivity index (χ1v) is 7.34. The first kappa shape index (κ1) is 12.0. The summed E-state index contributed by atoms with van der Waals surface area (Å²) in [5, 5.41) is 20.3. The van der Waals surface area contributed by atoms with Crippen molar-refractivity contribution < 1.29 is 10.2 Å². The predicted octanol–water partition coefficient (Wildman–Crippen LogP) is 2.83. The van der Waals surface area contributed by atoms with E-state index >= 15 is 0 Å². The summed E-state index contributed by atoms with van der Waals surface area (Å²) in [4.78, 5) is 0. The van der Waals surface area contributed by atoms with Crippen LogP contribution in [0.4, 0.5) is 0 Å². The lowest BCUT2D eigenvalue weighted by molar-refractivity contribution is 0.0190. The van der Waals surface area contributed by atoms with Crippen LogP contribution >= 0.6 is 0 Å². The lowest BCUT2D eigenvalue weighted by Crippen LogP contribution is -2.29. The van der Waals surface area contributed by atoms with E-state index in [-0.39, 0.29) is 11.7 Å². The second-order valence-corrected chi connectivity index (χ2v) is 6.81. The number of aliphatic hydroxyl groups excluding tert-OH is 1. The van der Waals surface area contributed by atoms with Crippen LogP contribution in [0.1, 0.15) is 64.2 Å². The molecule has 0 saturated heterocycles. The second-order valence-electron chi connectivity index (χ2n) is 6.81. The van der Waals surface area contributed by atoms with Crippen LogP contribution in [0.15, 0.2) is 0 Å². The topological polar surface area (TPSA) is 40.5 Å². The van der Waals surface area contributed by atoms with Gasteiger partial charge in [-0.15, -0.1) is 0 Å². The molecular weight excluding hydrogens is 212 g/mol. The molecule has 0 heterocycles. The molecule has 3 saturated carbocycles. The third-order valence-electron chi connectivity index (χ3n) is 5.69. The molecule has 2 nitrogen and oxygen atoms in total. The molecule has 3 fully saturated rings. The Labute approximate surface area is 104 Å². The van der Waals surface area contributed by atoms with Gasteiger partial charge in [0.05, 0.1) is 11.7 Å². The fraction of sp³-hybridized carbons (Fsp3) is 0.933. The first-order valence-electron chi connectivity index (χ1n) is 7.34. The van der Waals surface area contributed by atoms with E-state index < -0.39 is 0 Å². The summed E-state index contributed by atoms with van der Waals surface area (Å²) in [6, 6.07) is 0. The third-order valence-corrected chi connectivity index (χ3v) is 5.69. The van der Waals surface area contributed by atoms with Crippen molar-refractivity contribution >= 4 is 0 Å². The van der Waals surface area contributed by atoms with Crippen molar-refractivity contribution in [3.63, 3.8) is 0 Å². The Hall–Kier alpha value is -0.0800. The number of hydrogen-bond donors (Lipinski definition) is 2. The summed E-state index contributed by atoms with van der Waals surface area (Å²) < 4.78 is 0. The molecule has 0 aromatic heterocycles. The molecular formula is C15H25O2. The predicted molar refractivity (Wildman–Crippen MR) is 67.3 cm³/mol. The van der Waals surface area contributed by atoms with Crippen LogP contribution in [0, 0.1) is 17.8 Å². The van der Waals surface area contributed by atoms with Crippen molar-refractivity contribution in [3.8, 4) is 0 Å². The molecule has 2 heteroatoms. The summed E-state index contributed by atoms with van der Waals surface area (Å²) in [5.41, 5.74) is -0.0207. The van der Waals surface area contributed by atoms with E-state index in [0.717, 1.165) is 38.5 Å². The number of aliphatic hydroxyl groups is 2. The fourth-order valence-corrected chi connectivity index (χ4v) is 4.64. The maximum Gasteiger partial charge on any atom is 0.0648 e. The molecule has 0 aromatic rings. The number of hydrogen-bond acceptors (Lipinski definition) is 2. The van der Waals surface area contributed by atoms with Crippen LogP contribution in [-0.4, -0.2) is 21.9 Å². The molecule has 97 valence electrons. The first-order chi connectivity index (χ1) is 8.12. The minimum Gasteiger partial charge on any atom is -0.393 e. The minimum atomic E-state index is -0.366. The van der Waals surface area contributed by atoms with Gasteiger partial charge in [-0.1, -0.05) is 12.8 Å². The van der Waals surface area contributed by atoms with Crippen LogP contribution in [0.2, 0.25) is 0 Å². The van der Waals surface area contributed by atoms with Gasteiger partial charge >= 0.3 is 0 Å². The molecule has 0 aromatic carbocycles. The molecule has 3 aliphatic rings. The van der Waals surface area contributed by atoms with E-state index in [0.29, 0.717) is 11.3 Å². The van der Waals surface area contributed by atoms with Crippen molar-refractivity contribution in [2.45, 2.75) is 75.9 Å². The minimum absolute atomic E-state index is 0.0769. The van der Waals surface area contributed by atoms with Crippen LogP contribution in [-0.2, 0) is 0 Å². The summed E-state index contributed by atoms with van der Waals surface area (Å²) in [7, 11) is 0. The zero-order valence-electron chi connectivity index (χ0n) is 10.7. The molecule has 3 aliphatic carbocycles. The summed E-state index contributed by atoms with van der Waals surface area (Å²) in [6.45, 7) is 0. The van der Waals surface area contributed by atoms with Gasteiger partial charge in [0, 0.05) is 0 Å². The Morgan fingerprint density at radius 1 is 1.18 bits per heavy atom. The Balaban J connectivity index is 1.63. The molecule has 0 aliphatic heterocycles. The maximum absolute atomic E-state index is 10.5. The summed E-state index contributed by atoms with van der Waals surface area (Å²) >= 11 is 0. The van der Waals surface area contributed by atoms with Gasteiger partial charge in [-0.25, -0.2) is 0 Å². The highest BCUT2D eigenvalue weighted by atomic mass is 16.3. The largest absolute Gasteiger partial charge is 0.393 e. The molecule has 0 spiro atoms. The highest BCUT2D eigenvalue weighted by Crippen LogP contribution is 2.57. The smallest absolute Gasteiger partial charge is 0.0648 e. The molecule has 0 bridgehead atoms. The van der Waals surface area contributed by atoms with Gasteiger partial charge in [0.15, 0.2) is 0 Å². The van der Waals surface area contributed by atoms with E-state index in [1.54, 1.807) is 0 Å². The molecule has 3 unspecified atom stereocenters. The van der Waals surface area contributed by atoms with Crippen molar-refractivity contribution in [1.82, 2.24) is 0 Å². The zero-order valence-corrected chi connectivity index (χ0v) is 10.7. The molecule has 1 radical (unpaired) electrons. The molecule has 3 atom stereocenters. The Morgan fingerprint density at radius 2 is 1.94 bits per heavy atom. The lowest BCUT2D eigenvalue weighted by atomic mass is 9.74. The Morgan fingerprint density at radius 3 is 2.71 bits per heavy atom. The normalized spacial score (nSPS) is 44.1. The van der Waals surface area contributed by atoms with Gasteiger partial charge in [0.1, 0.15) is 0 Å². The van der Waals surface area contributed by atoms with Gasteiger partial charge in [0.25, 0.3) is 0 Å². The van der Waals surface area contributed by atoms with Crippen molar-refractivity contribution in [2.75, 3.05) is 0 Å². The summed E-state index contributed by atoms with van der Waals surface area (Å²) in [5.74, 6) is 0.697. The molecule has 2 N–H and O–H groups in total. The zero-order chi connectivity index (χ0) is 11.9. The average molecular weight is 237 g/mol. The van der Waals surface area contributed by atoms with E-state index in [4.69, 9.17) is 0 Å². The van der Waals surface area contributed by atoms with Gasteiger partial charge in [-0.3, -0.25) is 0 Å². The van der Waals surface area contributed by atoms with Gasteiger partial charge in [-0.2, -0.15) is 0 Å². The van der Waals surface area contributed by atoms with E-state index in [1.165, 1.54) is 25.7 Å². The second kappa shape index (κ2) is 4.24. The van der Waals surface area contributed by atoms with Crippen LogP contribution in [0.3, 0.4) is 0 Å². The highest BCUT2D eigenvalue weighted by molar-refractivity contribution is 5.06. The van der Waals surface area contributed by atoms with E-state index in [2.05, 4.69) is 6.42 Å². The Kier molecular flexibility index (Phi) is 2.99. The average Bonchev–Trinajstić information content (AvgIpc) is 2.90. The number of rotatable bonds is 3. The third kappa shape index (κ3) is 2.15. The van der Waals surface area contributed by atoms with Gasteiger partial charge < -0.3 is 10.2 Å². The van der Waals surface area contributed by atoms with E-state index in [1.807, 2.05) is 0 Å². The SMILES string of the molecule is OC1CC2C[CH]CC2(CCC2(O)CCCC2)C1. The highest BCUT2D eigenvalue weighted by Gasteiger charge is 2.50.